The molecule has 2 unspecified atom stereocenters. The molecule has 2 aliphatic heterocycles. The minimum atomic E-state index is 0.261. The predicted molar refractivity (Wildman–Crippen MR) is 64.4 cm³/mol. The summed E-state index contributed by atoms with van der Waals surface area (Å²) in [4.78, 5) is 14.0. The maximum atomic E-state index is 11.9. The van der Waals surface area contributed by atoms with Crippen molar-refractivity contribution < 1.29 is 9.53 Å². The van der Waals surface area contributed by atoms with Gasteiger partial charge in [0.15, 0.2) is 0 Å². The van der Waals surface area contributed by atoms with Gasteiger partial charge in [-0.2, -0.15) is 0 Å². The van der Waals surface area contributed by atoms with E-state index in [1.54, 1.807) is 0 Å². The number of ether oxygens (including phenoxy) is 1. The summed E-state index contributed by atoms with van der Waals surface area (Å²) >= 11 is 0. The highest BCUT2D eigenvalue weighted by atomic mass is 16.5. The molecule has 0 aromatic heterocycles. The van der Waals surface area contributed by atoms with Gasteiger partial charge in [0, 0.05) is 13.2 Å². The highest BCUT2D eigenvalue weighted by Crippen LogP contribution is 2.31. The standard InChI is InChI=1S/C13H22N2O2/c16-12-8-14-13(10-4-1-2-5-10)15(12)9-11-6-3-7-17-11/h10-11,13-14H,1-9H2. The van der Waals surface area contributed by atoms with Crippen LogP contribution in [0, 0.1) is 5.92 Å². The lowest BCUT2D eigenvalue weighted by atomic mass is 10.0. The third-order valence-electron chi connectivity index (χ3n) is 4.39. The molecule has 3 fully saturated rings. The van der Waals surface area contributed by atoms with Gasteiger partial charge in [-0.25, -0.2) is 0 Å². The molecule has 0 spiro atoms. The van der Waals surface area contributed by atoms with Gasteiger partial charge in [-0.05, 0) is 31.6 Å². The lowest BCUT2D eigenvalue weighted by Crippen LogP contribution is -2.45. The van der Waals surface area contributed by atoms with Crippen LogP contribution >= 0.6 is 0 Å². The normalized spacial score (nSPS) is 35.1. The number of carbonyl (C=O) groups is 1. The van der Waals surface area contributed by atoms with E-state index in [9.17, 15) is 4.79 Å². The van der Waals surface area contributed by atoms with Gasteiger partial charge in [-0.15, -0.1) is 0 Å². The number of nitrogens with one attached hydrogen (secondary N) is 1. The predicted octanol–water partition coefficient (Wildman–Crippen LogP) is 1.11. The summed E-state index contributed by atoms with van der Waals surface area (Å²) in [6, 6.07) is 0. The first-order valence-corrected chi connectivity index (χ1v) is 6.99. The van der Waals surface area contributed by atoms with E-state index in [-0.39, 0.29) is 18.2 Å². The highest BCUT2D eigenvalue weighted by Gasteiger charge is 2.38. The Hall–Kier alpha value is -0.610. The molecule has 2 saturated heterocycles. The molecule has 3 rings (SSSR count). The fraction of sp³-hybridized carbons (Fsp3) is 0.923. The second-order valence-electron chi connectivity index (χ2n) is 5.55. The molecule has 0 aromatic carbocycles. The first kappa shape index (κ1) is 11.5. The van der Waals surface area contributed by atoms with Gasteiger partial charge in [-0.3, -0.25) is 10.1 Å². The summed E-state index contributed by atoms with van der Waals surface area (Å²) < 4.78 is 5.65. The van der Waals surface area contributed by atoms with Crippen LogP contribution in [0.1, 0.15) is 38.5 Å². The third-order valence-corrected chi connectivity index (χ3v) is 4.39. The first-order chi connectivity index (χ1) is 8.34. The minimum absolute atomic E-state index is 0.261. The van der Waals surface area contributed by atoms with Crippen molar-refractivity contribution in [1.29, 1.82) is 0 Å². The number of amides is 1. The molecule has 1 aliphatic carbocycles. The van der Waals surface area contributed by atoms with Gasteiger partial charge >= 0.3 is 0 Å². The van der Waals surface area contributed by atoms with E-state index in [4.69, 9.17) is 4.74 Å². The lowest BCUT2D eigenvalue weighted by Gasteiger charge is -2.30. The van der Waals surface area contributed by atoms with Crippen LogP contribution < -0.4 is 5.32 Å². The van der Waals surface area contributed by atoms with Crippen molar-refractivity contribution in [1.82, 2.24) is 10.2 Å². The molecule has 96 valence electrons. The SMILES string of the molecule is O=C1CNC(C2CCCC2)N1CC1CCCO1. The molecule has 4 heteroatoms. The Morgan fingerprint density at radius 3 is 2.76 bits per heavy atom. The second-order valence-corrected chi connectivity index (χ2v) is 5.55. The van der Waals surface area contributed by atoms with Gasteiger partial charge in [0.1, 0.15) is 0 Å². The summed E-state index contributed by atoms with van der Waals surface area (Å²) in [5.74, 6) is 0.931. The smallest absolute Gasteiger partial charge is 0.237 e. The third kappa shape index (κ3) is 2.33. The summed E-state index contributed by atoms with van der Waals surface area (Å²) in [6.45, 7) is 2.19. The molecule has 1 N–H and O–H groups in total. The molecule has 0 bridgehead atoms. The zero-order valence-corrected chi connectivity index (χ0v) is 10.4. The van der Waals surface area contributed by atoms with Crippen LogP contribution in [0.15, 0.2) is 0 Å². The van der Waals surface area contributed by atoms with Crippen molar-refractivity contribution in [3.63, 3.8) is 0 Å². The summed E-state index contributed by atoms with van der Waals surface area (Å²) in [5, 5.41) is 3.39. The molecule has 2 heterocycles. The first-order valence-electron chi connectivity index (χ1n) is 6.99. The molecule has 1 amide bonds. The van der Waals surface area contributed by atoms with E-state index in [0.717, 1.165) is 26.0 Å². The van der Waals surface area contributed by atoms with Crippen molar-refractivity contribution >= 4 is 5.91 Å². The number of hydrogen-bond donors (Lipinski definition) is 1. The molecule has 17 heavy (non-hydrogen) atoms. The van der Waals surface area contributed by atoms with E-state index in [1.165, 1.54) is 25.7 Å². The van der Waals surface area contributed by atoms with Crippen LogP contribution in [0.3, 0.4) is 0 Å². The van der Waals surface area contributed by atoms with Crippen molar-refractivity contribution in [3.8, 4) is 0 Å². The van der Waals surface area contributed by atoms with Crippen molar-refractivity contribution in [3.05, 3.63) is 0 Å². The molecular formula is C13H22N2O2. The van der Waals surface area contributed by atoms with Gasteiger partial charge in [-0.1, -0.05) is 12.8 Å². The Labute approximate surface area is 103 Å². The van der Waals surface area contributed by atoms with E-state index >= 15 is 0 Å². The van der Waals surface area contributed by atoms with Crippen LogP contribution in [0.5, 0.6) is 0 Å². The van der Waals surface area contributed by atoms with E-state index in [0.29, 0.717) is 12.5 Å². The average Bonchev–Trinajstić information content (AvgIpc) is 3.03. The highest BCUT2D eigenvalue weighted by molar-refractivity contribution is 5.80. The Balaban J connectivity index is 1.63. The van der Waals surface area contributed by atoms with Gasteiger partial charge in [0.25, 0.3) is 0 Å². The zero-order valence-electron chi connectivity index (χ0n) is 10.4. The Bertz CT molecular complexity index is 283. The number of hydrogen-bond acceptors (Lipinski definition) is 3. The maximum Gasteiger partial charge on any atom is 0.237 e. The summed E-state index contributed by atoms with van der Waals surface area (Å²) in [6.07, 6.45) is 8.02. The van der Waals surface area contributed by atoms with Gasteiger partial charge < -0.3 is 9.64 Å². The van der Waals surface area contributed by atoms with Crippen molar-refractivity contribution in [2.75, 3.05) is 19.7 Å². The van der Waals surface area contributed by atoms with E-state index in [2.05, 4.69) is 5.32 Å². The van der Waals surface area contributed by atoms with Crippen molar-refractivity contribution in [2.45, 2.75) is 50.8 Å². The number of rotatable bonds is 3. The van der Waals surface area contributed by atoms with E-state index in [1.807, 2.05) is 4.90 Å². The molecule has 1 saturated carbocycles. The molecule has 0 aromatic rings. The van der Waals surface area contributed by atoms with Crippen LogP contribution in [-0.2, 0) is 9.53 Å². The zero-order chi connectivity index (χ0) is 11.7. The minimum Gasteiger partial charge on any atom is -0.376 e. The lowest BCUT2D eigenvalue weighted by molar-refractivity contribution is -0.130. The summed E-state index contributed by atoms with van der Waals surface area (Å²) in [5.41, 5.74) is 0. The number of nitrogens with zero attached hydrogens (tertiary/aromatic N) is 1. The van der Waals surface area contributed by atoms with Crippen LogP contribution in [0.2, 0.25) is 0 Å². The van der Waals surface area contributed by atoms with Crippen LogP contribution in [0.4, 0.5) is 0 Å². The second kappa shape index (κ2) is 4.94. The van der Waals surface area contributed by atoms with Gasteiger partial charge in [0.2, 0.25) is 5.91 Å². The summed E-state index contributed by atoms with van der Waals surface area (Å²) in [7, 11) is 0. The van der Waals surface area contributed by atoms with E-state index < -0.39 is 0 Å². The Morgan fingerprint density at radius 2 is 2.06 bits per heavy atom. The van der Waals surface area contributed by atoms with Crippen LogP contribution in [-0.4, -0.2) is 42.8 Å². The Kier molecular flexibility index (Phi) is 3.34. The number of carbonyl (C=O) groups excluding carboxylic acids is 1. The topological polar surface area (TPSA) is 41.6 Å². The Morgan fingerprint density at radius 1 is 1.24 bits per heavy atom. The molecule has 4 nitrogen and oxygen atoms in total. The quantitative estimate of drug-likeness (QED) is 0.801. The molecular weight excluding hydrogens is 216 g/mol. The van der Waals surface area contributed by atoms with Crippen molar-refractivity contribution in [2.24, 2.45) is 5.92 Å². The van der Waals surface area contributed by atoms with Crippen LogP contribution in [0.25, 0.3) is 0 Å². The average molecular weight is 238 g/mol. The fourth-order valence-electron chi connectivity index (χ4n) is 3.48. The van der Waals surface area contributed by atoms with Gasteiger partial charge in [0.05, 0.1) is 18.8 Å². The monoisotopic (exact) mass is 238 g/mol. The largest absolute Gasteiger partial charge is 0.376 e. The molecule has 2 atom stereocenters. The molecule has 3 aliphatic rings. The fourth-order valence-corrected chi connectivity index (χ4v) is 3.48. The molecule has 0 radical (unpaired) electrons. The maximum absolute atomic E-state index is 11.9.